The average molecular weight is 301 g/mol. The molecule has 0 N–H and O–H groups in total. The van der Waals surface area contributed by atoms with Gasteiger partial charge in [0.05, 0.1) is 28.4 Å². The number of hydrogen-bond donors (Lipinski definition) is 0. The van der Waals surface area contributed by atoms with Crippen LogP contribution in [0, 0.1) is 13.8 Å². The van der Waals surface area contributed by atoms with Crippen LogP contribution in [0.1, 0.15) is 11.4 Å². The third-order valence-corrected chi connectivity index (χ3v) is 4.97. The number of methoxy groups -OCH3 is 1. The SMILES string of the molecule is COc1ccc(S(=O)(=O)n2nc(C)c(Cl)c2C)cc1. The van der Waals surface area contributed by atoms with E-state index in [0.29, 0.717) is 22.2 Å². The molecule has 0 saturated carbocycles. The summed E-state index contributed by atoms with van der Waals surface area (Å²) in [5.74, 6) is 0.588. The summed E-state index contributed by atoms with van der Waals surface area (Å²) in [5.41, 5.74) is 0.881. The van der Waals surface area contributed by atoms with Crippen LogP contribution in [0.15, 0.2) is 29.2 Å². The molecule has 0 aliphatic carbocycles. The maximum atomic E-state index is 12.4. The Bertz CT molecular complexity index is 705. The summed E-state index contributed by atoms with van der Waals surface area (Å²) in [5, 5.41) is 4.32. The largest absolute Gasteiger partial charge is 0.497 e. The van der Waals surface area contributed by atoms with Crippen molar-refractivity contribution in [3.05, 3.63) is 40.7 Å². The van der Waals surface area contributed by atoms with E-state index in [4.69, 9.17) is 16.3 Å². The van der Waals surface area contributed by atoms with E-state index in [1.165, 1.54) is 19.2 Å². The highest BCUT2D eigenvalue weighted by Crippen LogP contribution is 2.24. The number of benzene rings is 1. The second-order valence-corrected chi connectivity index (χ2v) is 6.15. The summed E-state index contributed by atoms with van der Waals surface area (Å²) in [4.78, 5) is 0.135. The Hall–Kier alpha value is -1.53. The Morgan fingerprint density at radius 1 is 1.21 bits per heavy atom. The third-order valence-electron chi connectivity index (χ3n) is 2.75. The Morgan fingerprint density at radius 2 is 1.79 bits per heavy atom. The molecule has 2 aromatic rings. The van der Waals surface area contributed by atoms with Crippen LogP contribution >= 0.6 is 11.6 Å². The number of hydrogen-bond acceptors (Lipinski definition) is 4. The standard InChI is InChI=1S/C12H13ClN2O3S/c1-8-12(13)9(2)15(14-8)19(16,17)11-6-4-10(18-3)5-7-11/h4-7H,1-3H3. The van der Waals surface area contributed by atoms with Crippen molar-refractivity contribution in [2.24, 2.45) is 0 Å². The predicted octanol–water partition coefficient (Wildman–Crippen LogP) is 2.40. The summed E-state index contributed by atoms with van der Waals surface area (Å²) in [6.45, 7) is 3.28. The molecule has 102 valence electrons. The molecular formula is C12H13ClN2O3S. The van der Waals surface area contributed by atoms with Gasteiger partial charge in [0.25, 0.3) is 10.0 Å². The summed E-state index contributed by atoms with van der Waals surface area (Å²) >= 11 is 5.97. The minimum absolute atomic E-state index is 0.135. The molecular weight excluding hydrogens is 288 g/mol. The molecule has 1 heterocycles. The first kappa shape index (κ1) is 13.9. The summed E-state index contributed by atoms with van der Waals surface area (Å²) in [6.07, 6.45) is 0. The lowest BCUT2D eigenvalue weighted by Crippen LogP contribution is -2.16. The van der Waals surface area contributed by atoms with Crippen molar-refractivity contribution < 1.29 is 13.2 Å². The molecule has 0 spiro atoms. The number of halogens is 1. The van der Waals surface area contributed by atoms with E-state index in [-0.39, 0.29) is 4.90 Å². The van der Waals surface area contributed by atoms with Gasteiger partial charge < -0.3 is 4.74 Å². The van der Waals surface area contributed by atoms with Gasteiger partial charge in [-0.25, -0.2) is 0 Å². The molecule has 0 fully saturated rings. The maximum absolute atomic E-state index is 12.4. The normalized spacial score (nSPS) is 11.6. The van der Waals surface area contributed by atoms with Crippen LogP contribution in [0.25, 0.3) is 0 Å². The van der Waals surface area contributed by atoms with E-state index in [0.717, 1.165) is 4.09 Å². The number of ether oxygens (including phenoxy) is 1. The zero-order valence-corrected chi connectivity index (χ0v) is 12.3. The van der Waals surface area contributed by atoms with Crippen molar-refractivity contribution in [3.8, 4) is 5.75 Å². The van der Waals surface area contributed by atoms with Gasteiger partial charge in [0.2, 0.25) is 0 Å². The third kappa shape index (κ3) is 2.33. The zero-order valence-electron chi connectivity index (χ0n) is 10.7. The summed E-state index contributed by atoms with van der Waals surface area (Å²) < 4.78 is 30.8. The number of aromatic nitrogens is 2. The predicted molar refractivity (Wildman–Crippen MR) is 72.3 cm³/mol. The first-order chi connectivity index (χ1) is 8.87. The molecule has 0 aliphatic heterocycles. The topological polar surface area (TPSA) is 61.2 Å². The first-order valence-corrected chi connectivity index (χ1v) is 7.31. The van der Waals surface area contributed by atoms with Crippen LogP contribution in [0.4, 0.5) is 0 Å². The molecule has 1 aromatic heterocycles. The highest BCUT2D eigenvalue weighted by molar-refractivity contribution is 7.89. The lowest BCUT2D eigenvalue weighted by atomic mass is 10.3. The minimum atomic E-state index is -3.73. The molecule has 0 aliphatic rings. The minimum Gasteiger partial charge on any atom is -0.497 e. The van der Waals surface area contributed by atoms with E-state index in [1.54, 1.807) is 26.0 Å². The first-order valence-electron chi connectivity index (χ1n) is 5.49. The Balaban J connectivity index is 2.55. The van der Waals surface area contributed by atoms with E-state index >= 15 is 0 Å². The molecule has 0 unspecified atom stereocenters. The fraction of sp³-hybridized carbons (Fsp3) is 0.250. The second-order valence-electron chi connectivity index (χ2n) is 4.01. The van der Waals surface area contributed by atoms with E-state index in [2.05, 4.69) is 5.10 Å². The van der Waals surface area contributed by atoms with E-state index < -0.39 is 10.0 Å². The van der Waals surface area contributed by atoms with Gasteiger partial charge in [0, 0.05) is 0 Å². The number of rotatable bonds is 3. The Labute approximate surface area is 116 Å². The van der Waals surface area contributed by atoms with Gasteiger partial charge in [0.15, 0.2) is 0 Å². The molecule has 2 rings (SSSR count). The van der Waals surface area contributed by atoms with Crippen LogP contribution in [0.3, 0.4) is 0 Å². The van der Waals surface area contributed by atoms with Crippen molar-refractivity contribution in [1.29, 1.82) is 0 Å². The second kappa shape index (κ2) is 4.86. The molecule has 0 saturated heterocycles. The van der Waals surface area contributed by atoms with Crippen molar-refractivity contribution in [3.63, 3.8) is 0 Å². The quantitative estimate of drug-likeness (QED) is 0.873. The summed E-state index contributed by atoms with van der Waals surface area (Å²) in [7, 11) is -2.21. The smallest absolute Gasteiger partial charge is 0.283 e. The fourth-order valence-corrected chi connectivity index (χ4v) is 3.21. The lowest BCUT2D eigenvalue weighted by molar-refractivity contribution is 0.414. The van der Waals surface area contributed by atoms with Gasteiger partial charge in [-0.1, -0.05) is 11.6 Å². The number of aryl methyl sites for hydroxylation is 1. The van der Waals surface area contributed by atoms with Crippen LogP contribution in [0.2, 0.25) is 5.02 Å². The Morgan fingerprint density at radius 3 is 2.21 bits per heavy atom. The molecule has 5 nitrogen and oxygen atoms in total. The maximum Gasteiger partial charge on any atom is 0.283 e. The van der Waals surface area contributed by atoms with Gasteiger partial charge in [-0.15, -0.1) is 0 Å². The van der Waals surface area contributed by atoms with Gasteiger partial charge in [-0.05, 0) is 38.1 Å². The monoisotopic (exact) mass is 300 g/mol. The van der Waals surface area contributed by atoms with Crippen molar-refractivity contribution >= 4 is 21.6 Å². The molecule has 19 heavy (non-hydrogen) atoms. The van der Waals surface area contributed by atoms with E-state index in [9.17, 15) is 8.42 Å². The fourth-order valence-electron chi connectivity index (χ4n) is 1.68. The average Bonchev–Trinajstić information content (AvgIpc) is 2.67. The van der Waals surface area contributed by atoms with Gasteiger partial charge in [-0.2, -0.15) is 17.6 Å². The van der Waals surface area contributed by atoms with Crippen molar-refractivity contribution in [2.45, 2.75) is 18.7 Å². The molecule has 0 bridgehead atoms. The lowest BCUT2D eigenvalue weighted by Gasteiger charge is -2.07. The van der Waals surface area contributed by atoms with E-state index in [1.807, 2.05) is 0 Å². The van der Waals surface area contributed by atoms with Crippen LogP contribution in [0.5, 0.6) is 5.75 Å². The van der Waals surface area contributed by atoms with Gasteiger partial charge >= 0.3 is 0 Å². The molecule has 7 heteroatoms. The molecule has 1 aromatic carbocycles. The van der Waals surface area contributed by atoms with Crippen LogP contribution in [-0.4, -0.2) is 24.7 Å². The van der Waals surface area contributed by atoms with Gasteiger partial charge in [0.1, 0.15) is 5.75 Å². The number of nitrogens with zero attached hydrogens (tertiary/aromatic N) is 2. The van der Waals surface area contributed by atoms with Crippen molar-refractivity contribution in [2.75, 3.05) is 7.11 Å². The van der Waals surface area contributed by atoms with Crippen LogP contribution < -0.4 is 4.74 Å². The molecule has 0 amide bonds. The Kier molecular flexibility index (Phi) is 3.56. The molecule has 0 radical (unpaired) electrons. The highest BCUT2D eigenvalue weighted by Gasteiger charge is 2.22. The van der Waals surface area contributed by atoms with Gasteiger partial charge in [-0.3, -0.25) is 0 Å². The highest BCUT2D eigenvalue weighted by atomic mass is 35.5. The van der Waals surface area contributed by atoms with Crippen molar-refractivity contribution in [1.82, 2.24) is 9.19 Å². The zero-order chi connectivity index (χ0) is 14.2. The summed E-state index contributed by atoms with van der Waals surface area (Å²) in [6, 6.07) is 6.11. The van der Waals surface area contributed by atoms with Crippen LogP contribution in [-0.2, 0) is 10.0 Å². The molecule has 0 atom stereocenters.